The van der Waals surface area contributed by atoms with Crippen molar-refractivity contribution in [2.75, 3.05) is 13.2 Å². The zero-order chi connectivity index (χ0) is 13.7. The molecule has 1 aliphatic rings. The second-order valence-corrected chi connectivity index (χ2v) is 5.68. The molecule has 3 nitrogen and oxygen atoms in total. The van der Waals surface area contributed by atoms with Gasteiger partial charge in [0.15, 0.2) is 0 Å². The lowest BCUT2D eigenvalue weighted by Gasteiger charge is -2.22. The molecular formula is C16H27NO2. The van der Waals surface area contributed by atoms with E-state index in [4.69, 9.17) is 9.15 Å². The fourth-order valence-electron chi connectivity index (χ4n) is 2.92. The molecule has 1 unspecified atom stereocenters. The molecule has 1 aromatic rings. The lowest BCUT2D eigenvalue weighted by atomic mass is 9.98. The second-order valence-electron chi connectivity index (χ2n) is 5.68. The largest absolute Gasteiger partial charge is 0.466 e. The van der Waals surface area contributed by atoms with E-state index in [1.807, 2.05) is 13.8 Å². The van der Waals surface area contributed by atoms with Crippen LogP contribution in [0.2, 0.25) is 0 Å². The molecule has 0 aliphatic heterocycles. The van der Waals surface area contributed by atoms with Crippen LogP contribution in [0.1, 0.15) is 62.2 Å². The molecule has 2 rings (SSSR count). The van der Waals surface area contributed by atoms with E-state index in [9.17, 15) is 0 Å². The molecule has 0 spiro atoms. The molecule has 0 amide bonds. The summed E-state index contributed by atoms with van der Waals surface area (Å²) in [5, 5.41) is 3.51. The summed E-state index contributed by atoms with van der Waals surface area (Å²) in [6.45, 7) is 7.92. The molecule has 3 heteroatoms. The van der Waals surface area contributed by atoms with Gasteiger partial charge in [0.05, 0.1) is 12.7 Å². The van der Waals surface area contributed by atoms with Gasteiger partial charge in [-0.3, -0.25) is 0 Å². The predicted octanol–water partition coefficient (Wildman–Crippen LogP) is 3.90. The maximum atomic E-state index is 5.92. The van der Waals surface area contributed by atoms with Gasteiger partial charge in [-0.15, -0.1) is 0 Å². The summed E-state index contributed by atoms with van der Waals surface area (Å²) < 4.78 is 11.5. The van der Waals surface area contributed by atoms with Crippen molar-refractivity contribution in [3.05, 3.63) is 23.2 Å². The maximum absolute atomic E-state index is 5.92. The van der Waals surface area contributed by atoms with Crippen LogP contribution in [-0.4, -0.2) is 19.3 Å². The van der Waals surface area contributed by atoms with Crippen molar-refractivity contribution in [3.63, 3.8) is 0 Å². The van der Waals surface area contributed by atoms with Crippen molar-refractivity contribution in [1.29, 1.82) is 0 Å². The molecular weight excluding hydrogens is 238 g/mol. The van der Waals surface area contributed by atoms with Crippen LogP contribution in [0.3, 0.4) is 0 Å². The SMILES string of the molecule is Cc1cc(C(C)NCCOC2CCCCC2)c(C)o1. The molecule has 1 aliphatic carbocycles. The Morgan fingerprint density at radius 1 is 1.32 bits per heavy atom. The van der Waals surface area contributed by atoms with E-state index in [1.54, 1.807) is 0 Å². The van der Waals surface area contributed by atoms with E-state index in [1.165, 1.54) is 37.7 Å². The van der Waals surface area contributed by atoms with Gasteiger partial charge in [-0.05, 0) is 39.7 Å². The topological polar surface area (TPSA) is 34.4 Å². The molecule has 19 heavy (non-hydrogen) atoms. The fraction of sp³-hybridized carbons (Fsp3) is 0.750. The highest BCUT2D eigenvalue weighted by Crippen LogP contribution is 2.21. The van der Waals surface area contributed by atoms with Gasteiger partial charge < -0.3 is 14.5 Å². The van der Waals surface area contributed by atoms with E-state index in [0.717, 1.165) is 24.7 Å². The quantitative estimate of drug-likeness (QED) is 0.792. The van der Waals surface area contributed by atoms with Crippen LogP contribution in [0.4, 0.5) is 0 Å². The van der Waals surface area contributed by atoms with E-state index < -0.39 is 0 Å². The van der Waals surface area contributed by atoms with Gasteiger partial charge in [-0.1, -0.05) is 19.3 Å². The highest BCUT2D eigenvalue weighted by atomic mass is 16.5. The molecule has 1 saturated carbocycles. The Kier molecular flexibility index (Phi) is 5.46. The average molecular weight is 265 g/mol. The molecule has 1 N–H and O–H groups in total. The number of nitrogens with one attached hydrogen (secondary N) is 1. The van der Waals surface area contributed by atoms with Crippen molar-refractivity contribution in [1.82, 2.24) is 5.32 Å². The van der Waals surface area contributed by atoms with E-state index >= 15 is 0 Å². The molecule has 108 valence electrons. The van der Waals surface area contributed by atoms with Crippen molar-refractivity contribution in [2.45, 2.75) is 65.0 Å². The lowest BCUT2D eigenvalue weighted by molar-refractivity contribution is 0.0295. The Labute approximate surface area is 116 Å². The molecule has 1 aromatic heterocycles. The summed E-state index contributed by atoms with van der Waals surface area (Å²) in [4.78, 5) is 0. The lowest BCUT2D eigenvalue weighted by Crippen LogP contribution is -2.26. The molecule has 1 heterocycles. The Morgan fingerprint density at radius 3 is 2.68 bits per heavy atom. The molecule has 0 radical (unpaired) electrons. The summed E-state index contributed by atoms with van der Waals surface area (Å²) in [5.41, 5.74) is 1.26. The van der Waals surface area contributed by atoms with Crippen molar-refractivity contribution in [3.8, 4) is 0 Å². The Hall–Kier alpha value is -0.800. The summed E-state index contributed by atoms with van der Waals surface area (Å²) in [6, 6.07) is 2.45. The first kappa shape index (κ1) is 14.6. The van der Waals surface area contributed by atoms with Gasteiger partial charge in [-0.2, -0.15) is 0 Å². The fourth-order valence-corrected chi connectivity index (χ4v) is 2.92. The predicted molar refractivity (Wildman–Crippen MR) is 77.4 cm³/mol. The molecule has 0 aromatic carbocycles. The minimum Gasteiger partial charge on any atom is -0.466 e. The average Bonchev–Trinajstić information content (AvgIpc) is 2.75. The Bertz CT molecular complexity index is 380. The van der Waals surface area contributed by atoms with Gasteiger partial charge in [0, 0.05) is 18.2 Å². The van der Waals surface area contributed by atoms with Crippen LogP contribution in [-0.2, 0) is 4.74 Å². The monoisotopic (exact) mass is 265 g/mol. The molecule has 0 bridgehead atoms. The first-order valence-electron chi connectivity index (χ1n) is 7.58. The molecule has 1 fully saturated rings. The van der Waals surface area contributed by atoms with Crippen LogP contribution < -0.4 is 5.32 Å². The van der Waals surface area contributed by atoms with Crippen molar-refractivity contribution < 1.29 is 9.15 Å². The summed E-state index contributed by atoms with van der Waals surface area (Å²) in [5.74, 6) is 2.00. The van der Waals surface area contributed by atoms with Crippen LogP contribution in [0.25, 0.3) is 0 Å². The zero-order valence-electron chi connectivity index (χ0n) is 12.5. The van der Waals surface area contributed by atoms with E-state index in [-0.39, 0.29) is 0 Å². The second kappa shape index (κ2) is 7.11. The van der Waals surface area contributed by atoms with Crippen LogP contribution >= 0.6 is 0 Å². The van der Waals surface area contributed by atoms with Crippen molar-refractivity contribution >= 4 is 0 Å². The third kappa shape index (κ3) is 4.36. The van der Waals surface area contributed by atoms with E-state index in [0.29, 0.717) is 12.1 Å². The zero-order valence-corrected chi connectivity index (χ0v) is 12.5. The van der Waals surface area contributed by atoms with Crippen LogP contribution in [0.15, 0.2) is 10.5 Å². The number of furan rings is 1. The minimum absolute atomic E-state index is 0.326. The van der Waals surface area contributed by atoms with Gasteiger partial charge in [0.1, 0.15) is 11.5 Å². The minimum atomic E-state index is 0.326. The molecule has 1 atom stereocenters. The number of hydrogen-bond acceptors (Lipinski definition) is 3. The Balaban J connectivity index is 1.66. The standard InChI is InChI=1S/C16H27NO2/c1-12-11-16(14(3)19-12)13(2)17-9-10-18-15-7-5-4-6-8-15/h11,13,15,17H,4-10H2,1-3H3. The smallest absolute Gasteiger partial charge is 0.105 e. The van der Waals surface area contributed by atoms with E-state index in [2.05, 4.69) is 18.3 Å². The summed E-state index contributed by atoms with van der Waals surface area (Å²) in [6.07, 6.45) is 7.05. The third-order valence-electron chi connectivity index (χ3n) is 4.00. The van der Waals surface area contributed by atoms with Gasteiger partial charge in [0.25, 0.3) is 0 Å². The van der Waals surface area contributed by atoms with Crippen molar-refractivity contribution in [2.24, 2.45) is 0 Å². The van der Waals surface area contributed by atoms with Gasteiger partial charge in [0.2, 0.25) is 0 Å². The first-order valence-corrected chi connectivity index (χ1v) is 7.58. The normalized spacial score (nSPS) is 18.7. The third-order valence-corrected chi connectivity index (χ3v) is 4.00. The Morgan fingerprint density at radius 2 is 2.05 bits per heavy atom. The number of ether oxygens (including phenoxy) is 1. The first-order chi connectivity index (χ1) is 9.16. The van der Waals surface area contributed by atoms with Crippen LogP contribution in [0.5, 0.6) is 0 Å². The summed E-state index contributed by atoms with van der Waals surface area (Å²) >= 11 is 0. The highest BCUT2D eigenvalue weighted by molar-refractivity contribution is 5.23. The van der Waals surface area contributed by atoms with Gasteiger partial charge >= 0.3 is 0 Å². The number of rotatable bonds is 6. The van der Waals surface area contributed by atoms with Gasteiger partial charge in [-0.25, -0.2) is 0 Å². The summed E-state index contributed by atoms with van der Waals surface area (Å²) in [7, 11) is 0. The maximum Gasteiger partial charge on any atom is 0.105 e. The number of aryl methyl sites for hydroxylation is 2. The highest BCUT2D eigenvalue weighted by Gasteiger charge is 2.14. The van der Waals surface area contributed by atoms with Crippen LogP contribution in [0, 0.1) is 13.8 Å². The number of hydrogen-bond donors (Lipinski definition) is 1. The molecule has 0 saturated heterocycles.